The van der Waals surface area contributed by atoms with E-state index in [2.05, 4.69) is 20.3 Å². The molecule has 0 fully saturated rings. The van der Waals surface area contributed by atoms with Gasteiger partial charge < -0.3 is 14.5 Å². The van der Waals surface area contributed by atoms with Crippen LogP contribution in [0.2, 0.25) is 0 Å². The Kier molecular flexibility index (Phi) is 3.99. The molecule has 2 aromatic heterocycles. The normalized spacial score (nSPS) is 10.8. The molecule has 0 aliphatic carbocycles. The maximum atomic E-state index is 5.50. The quantitative estimate of drug-likeness (QED) is 0.892. The maximum Gasteiger partial charge on any atom is 0.226 e. The molecule has 0 aliphatic rings. The second kappa shape index (κ2) is 5.69. The Morgan fingerprint density at radius 1 is 1.32 bits per heavy atom. The van der Waals surface area contributed by atoms with Crippen LogP contribution in [0.15, 0.2) is 16.7 Å². The van der Waals surface area contributed by atoms with E-state index in [1.165, 1.54) is 0 Å². The highest BCUT2D eigenvalue weighted by Gasteiger charge is 2.07. The molecule has 0 spiro atoms. The standard InChI is InChI=1S/C13H18N4O2/c1-8(2)18-11-5-6-14-13(17-11)15-7-12-16-9(3)10(4)19-12/h5-6,8H,7H2,1-4H3,(H,14,15,17). The lowest BCUT2D eigenvalue weighted by Crippen LogP contribution is -2.09. The first-order valence-electron chi connectivity index (χ1n) is 6.21. The lowest BCUT2D eigenvalue weighted by atomic mass is 10.4. The van der Waals surface area contributed by atoms with Crippen LogP contribution in [0.3, 0.4) is 0 Å². The molecule has 0 aliphatic heterocycles. The Morgan fingerprint density at radius 2 is 2.11 bits per heavy atom. The highest BCUT2D eigenvalue weighted by atomic mass is 16.5. The second-order valence-corrected chi connectivity index (χ2v) is 4.49. The fraction of sp³-hybridized carbons (Fsp3) is 0.462. The summed E-state index contributed by atoms with van der Waals surface area (Å²) in [4.78, 5) is 12.6. The molecule has 102 valence electrons. The van der Waals surface area contributed by atoms with Gasteiger partial charge in [0.05, 0.1) is 18.3 Å². The van der Waals surface area contributed by atoms with E-state index >= 15 is 0 Å². The molecule has 6 nitrogen and oxygen atoms in total. The molecule has 2 heterocycles. The summed E-state index contributed by atoms with van der Waals surface area (Å²) >= 11 is 0. The number of anilines is 1. The number of nitrogens with one attached hydrogen (secondary N) is 1. The largest absolute Gasteiger partial charge is 0.475 e. The van der Waals surface area contributed by atoms with E-state index in [1.807, 2.05) is 27.7 Å². The third-order valence-electron chi connectivity index (χ3n) is 2.46. The molecule has 0 saturated heterocycles. The van der Waals surface area contributed by atoms with Crippen LogP contribution >= 0.6 is 0 Å². The van der Waals surface area contributed by atoms with Crippen molar-refractivity contribution in [3.8, 4) is 5.88 Å². The molecule has 0 bridgehead atoms. The minimum absolute atomic E-state index is 0.0831. The molecule has 0 radical (unpaired) electrons. The molecular weight excluding hydrogens is 244 g/mol. The zero-order valence-corrected chi connectivity index (χ0v) is 11.6. The number of oxazole rings is 1. The fourth-order valence-electron chi connectivity index (χ4n) is 1.50. The van der Waals surface area contributed by atoms with Gasteiger partial charge in [-0.1, -0.05) is 0 Å². The molecule has 2 aromatic rings. The number of aromatic nitrogens is 3. The van der Waals surface area contributed by atoms with Gasteiger partial charge in [-0.15, -0.1) is 0 Å². The predicted octanol–water partition coefficient (Wildman–Crippen LogP) is 2.48. The van der Waals surface area contributed by atoms with Crippen molar-refractivity contribution in [3.63, 3.8) is 0 Å². The van der Waals surface area contributed by atoms with Crippen molar-refractivity contribution in [2.45, 2.75) is 40.3 Å². The van der Waals surface area contributed by atoms with Crippen LogP contribution in [0.1, 0.15) is 31.2 Å². The number of ether oxygens (including phenoxy) is 1. The van der Waals surface area contributed by atoms with Crippen molar-refractivity contribution in [1.29, 1.82) is 0 Å². The van der Waals surface area contributed by atoms with Gasteiger partial charge in [-0.05, 0) is 27.7 Å². The van der Waals surface area contributed by atoms with Crippen LogP contribution in [0, 0.1) is 13.8 Å². The summed E-state index contributed by atoms with van der Waals surface area (Å²) in [6.07, 6.45) is 1.74. The van der Waals surface area contributed by atoms with Crippen molar-refractivity contribution in [3.05, 3.63) is 29.6 Å². The molecule has 0 saturated carbocycles. The van der Waals surface area contributed by atoms with Crippen LogP contribution in [0.25, 0.3) is 0 Å². The van der Waals surface area contributed by atoms with Gasteiger partial charge in [0.25, 0.3) is 0 Å². The van der Waals surface area contributed by atoms with Gasteiger partial charge in [0.2, 0.25) is 17.7 Å². The number of nitrogens with zero attached hydrogens (tertiary/aromatic N) is 3. The highest BCUT2D eigenvalue weighted by Crippen LogP contribution is 2.12. The van der Waals surface area contributed by atoms with E-state index in [0.717, 1.165) is 11.5 Å². The highest BCUT2D eigenvalue weighted by molar-refractivity contribution is 5.27. The first kappa shape index (κ1) is 13.3. The van der Waals surface area contributed by atoms with Crippen LogP contribution in [-0.2, 0) is 6.54 Å². The van der Waals surface area contributed by atoms with Gasteiger partial charge in [-0.3, -0.25) is 0 Å². The van der Waals surface area contributed by atoms with Gasteiger partial charge in [0.1, 0.15) is 5.76 Å². The zero-order valence-electron chi connectivity index (χ0n) is 11.6. The minimum Gasteiger partial charge on any atom is -0.475 e. The van der Waals surface area contributed by atoms with Gasteiger partial charge in [-0.2, -0.15) is 4.98 Å². The summed E-state index contributed by atoms with van der Waals surface area (Å²) in [5.41, 5.74) is 0.898. The molecule has 6 heteroatoms. The lowest BCUT2D eigenvalue weighted by Gasteiger charge is -2.09. The number of hydrogen-bond acceptors (Lipinski definition) is 6. The Balaban J connectivity index is 1.99. The van der Waals surface area contributed by atoms with Crippen LogP contribution < -0.4 is 10.1 Å². The topological polar surface area (TPSA) is 73.1 Å². The van der Waals surface area contributed by atoms with Gasteiger partial charge in [-0.25, -0.2) is 9.97 Å². The molecule has 1 N–H and O–H groups in total. The van der Waals surface area contributed by atoms with Crippen LogP contribution in [0.5, 0.6) is 5.88 Å². The molecule has 0 unspecified atom stereocenters. The Hall–Kier alpha value is -2.11. The molecule has 0 amide bonds. The average Bonchev–Trinajstić information content (AvgIpc) is 2.66. The first-order chi connectivity index (χ1) is 9.04. The lowest BCUT2D eigenvalue weighted by molar-refractivity contribution is 0.232. The summed E-state index contributed by atoms with van der Waals surface area (Å²) in [6.45, 7) is 8.15. The van der Waals surface area contributed by atoms with Crippen molar-refractivity contribution >= 4 is 5.95 Å². The van der Waals surface area contributed by atoms with E-state index in [1.54, 1.807) is 12.3 Å². The second-order valence-electron chi connectivity index (χ2n) is 4.49. The van der Waals surface area contributed by atoms with E-state index in [4.69, 9.17) is 9.15 Å². The SMILES string of the molecule is Cc1nc(CNc2nccc(OC(C)C)n2)oc1C. The number of aryl methyl sites for hydroxylation is 2. The Morgan fingerprint density at radius 3 is 2.74 bits per heavy atom. The van der Waals surface area contributed by atoms with Crippen molar-refractivity contribution in [1.82, 2.24) is 15.0 Å². The summed E-state index contributed by atoms with van der Waals surface area (Å²) in [5, 5.41) is 3.06. The van der Waals surface area contributed by atoms with E-state index in [-0.39, 0.29) is 6.10 Å². The van der Waals surface area contributed by atoms with E-state index < -0.39 is 0 Å². The fourth-order valence-corrected chi connectivity index (χ4v) is 1.50. The molecule has 0 aromatic carbocycles. The van der Waals surface area contributed by atoms with Crippen LogP contribution in [-0.4, -0.2) is 21.1 Å². The summed E-state index contributed by atoms with van der Waals surface area (Å²) in [5.74, 6) is 2.49. The smallest absolute Gasteiger partial charge is 0.226 e. The summed E-state index contributed by atoms with van der Waals surface area (Å²) < 4.78 is 11.0. The van der Waals surface area contributed by atoms with Crippen molar-refractivity contribution in [2.75, 3.05) is 5.32 Å². The third-order valence-corrected chi connectivity index (χ3v) is 2.46. The molecule has 19 heavy (non-hydrogen) atoms. The number of rotatable bonds is 5. The molecule has 0 atom stereocenters. The minimum atomic E-state index is 0.0831. The first-order valence-corrected chi connectivity index (χ1v) is 6.21. The molecule has 2 rings (SSSR count). The maximum absolute atomic E-state index is 5.50. The average molecular weight is 262 g/mol. The van der Waals surface area contributed by atoms with Gasteiger partial charge >= 0.3 is 0 Å². The van der Waals surface area contributed by atoms with Crippen LogP contribution in [0.4, 0.5) is 5.95 Å². The molecular formula is C13H18N4O2. The third kappa shape index (κ3) is 3.67. The summed E-state index contributed by atoms with van der Waals surface area (Å²) in [6, 6.07) is 1.73. The van der Waals surface area contributed by atoms with Crippen molar-refractivity contribution < 1.29 is 9.15 Å². The zero-order chi connectivity index (χ0) is 13.8. The Labute approximate surface area is 112 Å². The monoisotopic (exact) mass is 262 g/mol. The van der Waals surface area contributed by atoms with E-state index in [0.29, 0.717) is 24.3 Å². The number of hydrogen-bond donors (Lipinski definition) is 1. The van der Waals surface area contributed by atoms with Crippen molar-refractivity contribution in [2.24, 2.45) is 0 Å². The van der Waals surface area contributed by atoms with Gasteiger partial charge in [0.15, 0.2) is 0 Å². The van der Waals surface area contributed by atoms with E-state index in [9.17, 15) is 0 Å². The van der Waals surface area contributed by atoms with Gasteiger partial charge in [0, 0.05) is 12.3 Å². The Bertz CT molecular complexity index is 532. The predicted molar refractivity (Wildman–Crippen MR) is 71.1 cm³/mol. The summed E-state index contributed by atoms with van der Waals surface area (Å²) in [7, 11) is 0.